The van der Waals surface area contributed by atoms with Crippen LogP contribution in [-0.2, 0) is 13.6 Å². The summed E-state index contributed by atoms with van der Waals surface area (Å²) >= 11 is 0. The lowest BCUT2D eigenvalue weighted by molar-refractivity contribution is -0.0206. The zero-order valence-corrected chi connectivity index (χ0v) is 22.9. The summed E-state index contributed by atoms with van der Waals surface area (Å²) in [5.41, 5.74) is -1.09. The summed E-state index contributed by atoms with van der Waals surface area (Å²) in [6, 6.07) is 1.27. The molecule has 11 heteroatoms. The first-order valence-electron chi connectivity index (χ1n) is 10.9. The summed E-state index contributed by atoms with van der Waals surface area (Å²) in [4.78, 5) is 26.5. The molecule has 0 spiro atoms. The third kappa shape index (κ3) is 5.50. The number of aromatic nitrogens is 2. The summed E-state index contributed by atoms with van der Waals surface area (Å²) in [5.74, 6) is 0. The largest absolute Gasteiger partial charge is 0.411 e. The number of hydrogen-bond donors (Lipinski definition) is 2. The second kappa shape index (κ2) is 9.01. The molecule has 1 aliphatic rings. The second-order valence-electron chi connectivity index (χ2n) is 11.5. The first kappa shape index (κ1) is 26.7. The third-order valence-electron chi connectivity index (χ3n) is 7.04. The summed E-state index contributed by atoms with van der Waals surface area (Å²) < 4.78 is 21.0. The van der Waals surface area contributed by atoms with E-state index < -0.39 is 52.4 Å². The minimum absolute atomic E-state index is 0.0810. The summed E-state index contributed by atoms with van der Waals surface area (Å²) in [7, 11) is -4.62. The molecule has 0 saturated carbocycles. The molecular formula is C21H39N3O6Si2. The van der Waals surface area contributed by atoms with Gasteiger partial charge < -0.3 is 18.8 Å². The molecule has 1 aliphatic heterocycles. The molecule has 0 radical (unpaired) electrons. The topological polar surface area (TPSA) is 115 Å². The van der Waals surface area contributed by atoms with Crippen molar-refractivity contribution in [3.8, 4) is 0 Å². The molecule has 1 aromatic heterocycles. The van der Waals surface area contributed by atoms with Crippen LogP contribution in [0.4, 0.5) is 0 Å². The standard InChI is InChI=1S/C21H39N3O6Si2/c1-20(2,3)31(7,8)29-16-14(13-22-27)28-18(24-12-11-15(25)23-19(24)26)17(16)30-32(9,10)21(4,5)6/h11-14,16-18,27H,1-10H3,(H,23,25,26)/b22-13+/t14-,16-,17-,18-/m0/s1. The van der Waals surface area contributed by atoms with E-state index in [1.807, 2.05) is 0 Å². The Balaban J connectivity index is 2.62. The number of nitrogens with one attached hydrogen (secondary N) is 1. The lowest BCUT2D eigenvalue weighted by Crippen LogP contribution is -2.54. The molecule has 2 rings (SSSR count). The number of ether oxygens (including phenoxy) is 1. The number of nitrogens with zero attached hydrogens (tertiary/aromatic N) is 2. The van der Waals surface area contributed by atoms with E-state index in [9.17, 15) is 14.8 Å². The molecule has 9 nitrogen and oxygen atoms in total. The van der Waals surface area contributed by atoms with Crippen LogP contribution in [0.5, 0.6) is 0 Å². The van der Waals surface area contributed by atoms with E-state index in [0.29, 0.717) is 0 Å². The summed E-state index contributed by atoms with van der Waals surface area (Å²) in [6.45, 7) is 21.3. The van der Waals surface area contributed by atoms with Gasteiger partial charge in [-0.3, -0.25) is 14.3 Å². The Morgan fingerprint density at radius 3 is 1.97 bits per heavy atom. The van der Waals surface area contributed by atoms with E-state index in [1.54, 1.807) is 0 Å². The van der Waals surface area contributed by atoms with Gasteiger partial charge in [0.25, 0.3) is 5.56 Å². The fourth-order valence-corrected chi connectivity index (χ4v) is 5.58. The van der Waals surface area contributed by atoms with Gasteiger partial charge in [-0.05, 0) is 36.3 Å². The predicted octanol–water partition coefficient (Wildman–Crippen LogP) is 3.67. The molecule has 182 valence electrons. The van der Waals surface area contributed by atoms with E-state index >= 15 is 0 Å². The molecule has 0 aliphatic carbocycles. The first-order chi connectivity index (χ1) is 14.4. The van der Waals surface area contributed by atoms with Crippen LogP contribution in [0, 0.1) is 0 Å². The van der Waals surface area contributed by atoms with E-state index in [2.05, 4.69) is 77.9 Å². The van der Waals surface area contributed by atoms with E-state index in [0.717, 1.165) is 0 Å². The highest BCUT2D eigenvalue weighted by atomic mass is 28.4. The smallest absolute Gasteiger partial charge is 0.330 e. The van der Waals surface area contributed by atoms with Gasteiger partial charge in [0.05, 0.1) is 6.21 Å². The maximum atomic E-state index is 12.6. The van der Waals surface area contributed by atoms with Gasteiger partial charge in [0.15, 0.2) is 22.9 Å². The monoisotopic (exact) mass is 485 g/mol. The molecule has 2 N–H and O–H groups in total. The average molecular weight is 486 g/mol. The predicted molar refractivity (Wildman–Crippen MR) is 130 cm³/mol. The number of oxime groups is 1. The average Bonchev–Trinajstić information content (AvgIpc) is 2.90. The molecule has 0 bridgehead atoms. The summed E-state index contributed by atoms with van der Waals surface area (Å²) in [6.07, 6.45) is -0.146. The van der Waals surface area contributed by atoms with Gasteiger partial charge >= 0.3 is 5.69 Å². The minimum Gasteiger partial charge on any atom is -0.411 e. The van der Waals surface area contributed by atoms with Crippen LogP contribution in [0.25, 0.3) is 0 Å². The van der Waals surface area contributed by atoms with Gasteiger partial charge in [-0.2, -0.15) is 0 Å². The fourth-order valence-electron chi connectivity index (χ4n) is 3.00. The molecule has 32 heavy (non-hydrogen) atoms. The van der Waals surface area contributed by atoms with Crippen molar-refractivity contribution in [3.63, 3.8) is 0 Å². The van der Waals surface area contributed by atoms with Crippen molar-refractivity contribution in [1.29, 1.82) is 0 Å². The highest BCUT2D eigenvalue weighted by Crippen LogP contribution is 2.45. The van der Waals surface area contributed by atoms with Crippen molar-refractivity contribution in [2.45, 2.75) is 102 Å². The Morgan fingerprint density at radius 2 is 1.53 bits per heavy atom. The molecule has 1 aromatic rings. The molecular weight excluding hydrogens is 446 g/mol. The zero-order valence-electron chi connectivity index (χ0n) is 20.9. The lowest BCUT2D eigenvalue weighted by atomic mass is 10.1. The van der Waals surface area contributed by atoms with E-state index in [1.165, 1.54) is 23.0 Å². The van der Waals surface area contributed by atoms with Crippen molar-refractivity contribution < 1.29 is 18.8 Å². The molecule has 1 saturated heterocycles. The van der Waals surface area contributed by atoms with Crippen LogP contribution in [0.3, 0.4) is 0 Å². The van der Waals surface area contributed by atoms with Crippen molar-refractivity contribution in [2.75, 3.05) is 0 Å². The Labute approximate surface area is 192 Å². The fraction of sp³-hybridized carbons (Fsp3) is 0.762. The highest BCUT2D eigenvalue weighted by Gasteiger charge is 2.54. The van der Waals surface area contributed by atoms with Crippen molar-refractivity contribution in [3.05, 3.63) is 33.1 Å². The van der Waals surface area contributed by atoms with Gasteiger partial charge in [-0.15, -0.1) is 0 Å². The van der Waals surface area contributed by atoms with Gasteiger partial charge in [0, 0.05) is 12.3 Å². The highest BCUT2D eigenvalue weighted by molar-refractivity contribution is 6.74. The van der Waals surface area contributed by atoms with Crippen LogP contribution >= 0.6 is 0 Å². The quantitative estimate of drug-likeness (QED) is 0.275. The summed E-state index contributed by atoms with van der Waals surface area (Å²) in [5, 5.41) is 12.3. The van der Waals surface area contributed by atoms with Crippen LogP contribution in [0.15, 0.2) is 27.0 Å². The maximum Gasteiger partial charge on any atom is 0.330 e. The molecule has 0 amide bonds. The van der Waals surface area contributed by atoms with Crippen LogP contribution in [-0.4, -0.2) is 55.9 Å². The number of H-pyrrole nitrogens is 1. The SMILES string of the molecule is CC(C)(C)[Si](C)(C)O[C@@H]1[C@H](O[Si](C)(C)C(C)(C)C)[C@@H](n2ccc(=O)[nH]c2=O)O[C@H]1/C=N/O. The van der Waals surface area contributed by atoms with E-state index in [4.69, 9.17) is 13.6 Å². The Kier molecular flexibility index (Phi) is 7.52. The Hall–Kier alpha value is -1.54. The van der Waals surface area contributed by atoms with Gasteiger partial charge in [-0.1, -0.05) is 46.7 Å². The van der Waals surface area contributed by atoms with Gasteiger partial charge in [0.1, 0.15) is 18.3 Å². The second-order valence-corrected chi connectivity index (χ2v) is 21.0. The van der Waals surface area contributed by atoms with Crippen LogP contribution in [0.2, 0.25) is 36.3 Å². The number of rotatable bonds is 6. The maximum absolute atomic E-state index is 12.6. The molecule has 1 fully saturated rings. The van der Waals surface area contributed by atoms with Crippen LogP contribution < -0.4 is 11.2 Å². The Bertz CT molecular complexity index is 942. The third-order valence-corrected chi connectivity index (χ3v) is 16.0. The first-order valence-corrected chi connectivity index (χ1v) is 16.7. The van der Waals surface area contributed by atoms with Crippen molar-refractivity contribution in [1.82, 2.24) is 9.55 Å². The van der Waals surface area contributed by atoms with Crippen LogP contribution in [0.1, 0.15) is 47.8 Å². The number of aromatic amines is 1. The normalized spacial score (nSPS) is 25.6. The molecule has 4 atom stereocenters. The Morgan fingerprint density at radius 1 is 1.03 bits per heavy atom. The van der Waals surface area contributed by atoms with E-state index in [-0.39, 0.29) is 10.1 Å². The lowest BCUT2D eigenvalue weighted by Gasteiger charge is -2.43. The minimum atomic E-state index is -2.33. The van der Waals surface area contributed by atoms with Gasteiger partial charge in [-0.25, -0.2) is 4.79 Å². The molecule has 0 aromatic carbocycles. The van der Waals surface area contributed by atoms with Crippen molar-refractivity contribution in [2.24, 2.45) is 5.16 Å². The number of hydrogen-bond acceptors (Lipinski definition) is 7. The van der Waals surface area contributed by atoms with Gasteiger partial charge in [0.2, 0.25) is 0 Å². The zero-order chi connectivity index (χ0) is 24.7. The molecule has 0 unspecified atom stereocenters. The molecule has 2 heterocycles. The van der Waals surface area contributed by atoms with Crippen molar-refractivity contribution >= 4 is 22.8 Å².